The lowest BCUT2D eigenvalue weighted by atomic mass is 10.1. The zero-order valence-corrected chi connectivity index (χ0v) is 17.0. The van der Waals surface area contributed by atoms with Crippen LogP contribution in [0, 0.1) is 13.8 Å². The van der Waals surface area contributed by atoms with Crippen molar-refractivity contribution in [3.63, 3.8) is 0 Å². The van der Waals surface area contributed by atoms with Crippen molar-refractivity contribution >= 4 is 46.8 Å². The molecule has 3 N–H and O–H groups in total. The van der Waals surface area contributed by atoms with Crippen LogP contribution in [0.25, 0.3) is 6.08 Å². The molecule has 0 spiro atoms. The van der Waals surface area contributed by atoms with Gasteiger partial charge in [0.2, 0.25) is 5.91 Å². The molecule has 0 aliphatic rings. The van der Waals surface area contributed by atoms with Gasteiger partial charge >= 0.3 is 0 Å². The summed E-state index contributed by atoms with van der Waals surface area (Å²) in [7, 11) is 0. The quantitative estimate of drug-likeness (QED) is 0.396. The number of hydrogen-bond acceptors (Lipinski definition) is 4. The summed E-state index contributed by atoms with van der Waals surface area (Å²) in [6, 6.07) is 12.8. The number of rotatable bonds is 5. The molecule has 0 aliphatic heterocycles. The number of ether oxygens (including phenoxy) is 1. The van der Waals surface area contributed by atoms with E-state index in [-0.39, 0.29) is 11.7 Å². The highest BCUT2D eigenvalue weighted by atomic mass is 35.5. The molecule has 0 heterocycles. The average Bonchev–Trinajstić information content (AvgIpc) is 2.65. The van der Waals surface area contributed by atoms with Crippen LogP contribution in [0.4, 0.5) is 0 Å². The molecule has 0 radical (unpaired) electrons. The van der Waals surface area contributed by atoms with Crippen LogP contribution in [0.1, 0.15) is 16.7 Å². The third-order valence-corrected chi connectivity index (χ3v) is 3.99. The van der Waals surface area contributed by atoms with Crippen molar-refractivity contribution in [2.75, 3.05) is 6.61 Å². The Morgan fingerprint density at radius 3 is 2.50 bits per heavy atom. The normalized spacial score (nSPS) is 10.4. The van der Waals surface area contributed by atoms with Crippen molar-refractivity contribution in [1.82, 2.24) is 16.2 Å². The van der Waals surface area contributed by atoms with E-state index in [1.54, 1.807) is 24.3 Å². The highest BCUT2D eigenvalue weighted by molar-refractivity contribution is 7.80. The maximum absolute atomic E-state index is 11.8. The van der Waals surface area contributed by atoms with E-state index in [0.717, 1.165) is 16.7 Å². The second-order valence-corrected chi connectivity index (χ2v) is 6.78. The van der Waals surface area contributed by atoms with Crippen LogP contribution in [0.2, 0.25) is 5.02 Å². The second-order valence-electron chi connectivity index (χ2n) is 5.93. The molecule has 2 amide bonds. The fourth-order valence-corrected chi connectivity index (χ4v) is 2.49. The third-order valence-electron chi connectivity index (χ3n) is 3.55. The average molecular weight is 418 g/mol. The molecule has 28 heavy (non-hydrogen) atoms. The second kappa shape index (κ2) is 10.4. The topological polar surface area (TPSA) is 79.5 Å². The van der Waals surface area contributed by atoms with Gasteiger partial charge in [0.1, 0.15) is 5.75 Å². The third kappa shape index (κ3) is 7.38. The van der Waals surface area contributed by atoms with Crippen LogP contribution in [0.5, 0.6) is 5.75 Å². The molecule has 6 nitrogen and oxygen atoms in total. The van der Waals surface area contributed by atoms with Crippen molar-refractivity contribution in [3.8, 4) is 5.75 Å². The fourth-order valence-electron chi connectivity index (χ4n) is 2.11. The molecule has 2 rings (SSSR count). The minimum absolute atomic E-state index is 0.0328. The molecule has 0 bridgehead atoms. The van der Waals surface area contributed by atoms with E-state index in [2.05, 4.69) is 16.2 Å². The molecule has 8 heteroatoms. The van der Waals surface area contributed by atoms with Crippen molar-refractivity contribution in [1.29, 1.82) is 0 Å². The number of hydrogen-bond donors (Lipinski definition) is 3. The number of thiocarbonyl (C=S) groups is 1. The van der Waals surface area contributed by atoms with E-state index in [1.807, 2.05) is 38.1 Å². The largest absolute Gasteiger partial charge is 0.483 e. The summed E-state index contributed by atoms with van der Waals surface area (Å²) in [6.45, 7) is 3.59. The molecule has 0 aliphatic carbocycles. The van der Waals surface area contributed by atoms with Crippen LogP contribution < -0.4 is 20.9 Å². The summed E-state index contributed by atoms with van der Waals surface area (Å²) < 4.78 is 5.41. The zero-order valence-electron chi connectivity index (χ0n) is 15.4. The van der Waals surface area contributed by atoms with Crippen LogP contribution in [0.15, 0.2) is 48.5 Å². The first-order chi connectivity index (χ1) is 13.3. The van der Waals surface area contributed by atoms with Crippen LogP contribution in [-0.2, 0) is 9.59 Å². The van der Waals surface area contributed by atoms with Gasteiger partial charge < -0.3 is 4.74 Å². The first-order valence-electron chi connectivity index (χ1n) is 8.37. The van der Waals surface area contributed by atoms with Gasteiger partial charge in [-0.25, -0.2) is 0 Å². The molecular formula is C20H20ClN3O3S. The minimum Gasteiger partial charge on any atom is -0.483 e. The lowest BCUT2D eigenvalue weighted by Gasteiger charge is -2.11. The van der Waals surface area contributed by atoms with Crippen molar-refractivity contribution < 1.29 is 14.3 Å². The number of nitrogens with one attached hydrogen (secondary N) is 3. The summed E-state index contributed by atoms with van der Waals surface area (Å²) in [5, 5.41) is 2.99. The lowest BCUT2D eigenvalue weighted by Crippen LogP contribution is -2.49. The molecule has 2 aromatic carbocycles. The van der Waals surface area contributed by atoms with Gasteiger partial charge in [-0.3, -0.25) is 25.8 Å². The van der Waals surface area contributed by atoms with E-state index in [1.165, 1.54) is 6.08 Å². The number of halogens is 1. The standard InChI is InChI=1S/C20H20ClN3O3S/c1-13-3-5-15(6-4-13)7-10-18(25)22-20(28)24-23-19(26)12-27-17-9-8-16(21)11-14(17)2/h3-11H,12H2,1-2H3,(H,23,26)(H2,22,24,25,28)/b10-7+. The van der Waals surface area contributed by atoms with Gasteiger partial charge in [0.25, 0.3) is 5.91 Å². The van der Waals surface area contributed by atoms with Crippen molar-refractivity contribution in [2.45, 2.75) is 13.8 Å². The molecule has 2 aromatic rings. The summed E-state index contributed by atoms with van der Waals surface area (Å²) in [5.41, 5.74) is 7.64. The number of amides is 2. The van der Waals surface area contributed by atoms with Crippen LogP contribution in [0.3, 0.4) is 0 Å². The number of carbonyl (C=O) groups excluding carboxylic acids is 2. The Balaban J connectivity index is 1.71. The Morgan fingerprint density at radius 2 is 1.82 bits per heavy atom. The molecular weight excluding hydrogens is 398 g/mol. The first kappa shape index (κ1) is 21.4. The van der Waals surface area contributed by atoms with Crippen molar-refractivity contribution in [3.05, 3.63) is 70.3 Å². The molecule has 146 valence electrons. The van der Waals surface area contributed by atoms with Gasteiger partial charge in [-0.1, -0.05) is 41.4 Å². The number of aryl methyl sites for hydroxylation is 2. The van der Waals surface area contributed by atoms with Gasteiger partial charge in [0.15, 0.2) is 11.7 Å². The molecule has 0 saturated carbocycles. The van der Waals surface area contributed by atoms with Crippen molar-refractivity contribution in [2.24, 2.45) is 0 Å². The van der Waals surface area contributed by atoms with E-state index < -0.39 is 11.8 Å². The van der Waals surface area contributed by atoms with Gasteiger partial charge in [0.05, 0.1) is 0 Å². The Bertz CT molecular complexity index is 898. The van der Waals surface area contributed by atoms with Gasteiger partial charge in [-0.05, 0) is 61.5 Å². The Morgan fingerprint density at radius 1 is 1.11 bits per heavy atom. The van der Waals surface area contributed by atoms with E-state index >= 15 is 0 Å². The monoisotopic (exact) mass is 417 g/mol. The smallest absolute Gasteiger partial charge is 0.276 e. The van der Waals surface area contributed by atoms with E-state index in [9.17, 15) is 9.59 Å². The number of carbonyl (C=O) groups is 2. The van der Waals surface area contributed by atoms with Gasteiger partial charge in [0, 0.05) is 11.1 Å². The minimum atomic E-state index is -0.457. The molecule has 0 aromatic heterocycles. The summed E-state index contributed by atoms with van der Waals surface area (Å²) >= 11 is 10.8. The SMILES string of the molecule is Cc1ccc(/C=C/C(=O)NC(=S)NNC(=O)COc2ccc(Cl)cc2C)cc1. The fraction of sp³-hybridized carbons (Fsp3) is 0.150. The van der Waals surface area contributed by atoms with Gasteiger partial charge in [-0.2, -0.15) is 0 Å². The predicted octanol–water partition coefficient (Wildman–Crippen LogP) is 3.07. The van der Waals surface area contributed by atoms with E-state index in [0.29, 0.717) is 10.8 Å². The number of hydrazine groups is 1. The molecule has 0 fully saturated rings. The molecule has 0 atom stereocenters. The maximum atomic E-state index is 11.8. The highest BCUT2D eigenvalue weighted by Crippen LogP contribution is 2.21. The molecule has 0 unspecified atom stereocenters. The zero-order chi connectivity index (χ0) is 20.5. The summed E-state index contributed by atoms with van der Waals surface area (Å²) in [6.07, 6.45) is 3.02. The first-order valence-corrected chi connectivity index (χ1v) is 9.15. The van der Waals surface area contributed by atoms with Crippen LogP contribution in [-0.4, -0.2) is 23.5 Å². The van der Waals surface area contributed by atoms with E-state index in [4.69, 9.17) is 28.6 Å². The molecule has 0 saturated heterocycles. The number of benzene rings is 2. The van der Waals surface area contributed by atoms with Gasteiger partial charge in [-0.15, -0.1) is 0 Å². The Kier molecular flexibility index (Phi) is 7.98. The maximum Gasteiger partial charge on any atom is 0.276 e. The van der Waals surface area contributed by atoms with Crippen LogP contribution >= 0.6 is 23.8 Å². The summed E-state index contributed by atoms with van der Waals surface area (Å²) in [5.74, 6) is -0.321. The Hall–Kier alpha value is -2.90. The Labute approximate surface area is 173 Å². The predicted molar refractivity (Wildman–Crippen MR) is 114 cm³/mol. The lowest BCUT2D eigenvalue weighted by molar-refractivity contribution is -0.123. The highest BCUT2D eigenvalue weighted by Gasteiger charge is 2.07. The summed E-state index contributed by atoms with van der Waals surface area (Å²) in [4.78, 5) is 23.7.